The topological polar surface area (TPSA) is 146 Å². The van der Waals surface area contributed by atoms with Gasteiger partial charge < -0.3 is 21.2 Å². The third kappa shape index (κ3) is 4.32. The number of hydrogen-bond donors (Lipinski definition) is 2. The zero-order chi connectivity index (χ0) is 23.2. The SMILES string of the molecule is NC(=O)c1sc2nc(C(F)F)cc(C3CC3)c2c1NC(=O)CCn1cc(Br)c([N+](=O)[O-])n1. The Labute approximate surface area is 191 Å². The van der Waals surface area contributed by atoms with Crippen LogP contribution in [0.3, 0.4) is 0 Å². The van der Waals surface area contributed by atoms with Crippen LogP contribution in [0.5, 0.6) is 0 Å². The van der Waals surface area contributed by atoms with Crippen molar-refractivity contribution in [2.45, 2.75) is 38.2 Å². The second-order valence-corrected chi connectivity index (χ2v) is 9.03. The van der Waals surface area contributed by atoms with E-state index in [0.717, 1.165) is 24.2 Å². The van der Waals surface area contributed by atoms with Crippen LogP contribution in [0.4, 0.5) is 20.3 Å². The van der Waals surface area contributed by atoms with Crippen LogP contribution in [-0.2, 0) is 11.3 Å². The Morgan fingerprint density at radius 3 is 2.72 bits per heavy atom. The first-order chi connectivity index (χ1) is 15.2. The van der Waals surface area contributed by atoms with Crippen molar-refractivity contribution in [1.29, 1.82) is 0 Å². The number of nitrogens with one attached hydrogen (secondary N) is 1. The number of aromatic nitrogens is 3. The molecule has 4 rings (SSSR count). The third-order valence-corrected chi connectivity index (χ3v) is 6.54. The third-order valence-electron chi connectivity index (χ3n) is 4.88. The lowest BCUT2D eigenvalue weighted by molar-refractivity contribution is -0.390. The van der Waals surface area contributed by atoms with Crippen LogP contribution in [0.25, 0.3) is 10.2 Å². The highest BCUT2D eigenvalue weighted by molar-refractivity contribution is 9.10. The molecule has 0 aliphatic heterocycles. The van der Waals surface area contributed by atoms with E-state index in [1.807, 2.05) is 0 Å². The van der Waals surface area contributed by atoms with Gasteiger partial charge in [0.2, 0.25) is 5.91 Å². The van der Waals surface area contributed by atoms with Crippen LogP contribution in [-0.4, -0.2) is 31.5 Å². The Kier molecular flexibility index (Phi) is 5.90. The molecule has 0 saturated heterocycles. The molecule has 3 aromatic heterocycles. The van der Waals surface area contributed by atoms with E-state index in [0.29, 0.717) is 10.9 Å². The highest BCUT2D eigenvalue weighted by Gasteiger charge is 2.31. The van der Waals surface area contributed by atoms with Crippen molar-refractivity contribution >= 4 is 60.8 Å². The molecule has 10 nitrogen and oxygen atoms in total. The largest absolute Gasteiger partial charge is 0.404 e. The van der Waals surface area contributed by atoms with E-state index in [4.69, 9.17) is 5.73 Å². The number of hydrogen-bond acceptors (Lipinski definition) is 7. The van der Waals surface area contributed by atoms with Gasteiger partial charge in [-0.1, -0.05) is 0 Å². The molecule has 0 radical (unpaired) electrons. The van der Waals surface area contributed by atoms with E-state index in [1.165, 1.54) is 16.9 Å². The number of fused-ring (bicyclic) bond motifs is 1. The fourth-order valence-corrected chi connectivity index (χ4v) is 4.79. The number of halogens is 3. The van der Waals surface area contributed by atoms with Gasteiger partial charge in [0.05, 0.1) is 23.5 Å². The Hall–Kier alpha value is -3.00. The number of nitrogens with two attached hydrogens (primary N) is 1. The van der Waals surface area contributed by atoms with Gasteiger partial charge >= 0.3 is 5.82 Å². The van der Waals surface area contributed by atoms with E-state index < -0.39 is 23.2 Å². The number of pyridine rings is 1. The molecule has 0 atom stereocenters. The second-order valence-electron chi connectivity index (χ2n) is 7.18. The maximum absolute atomic E-state index is 13.3. The van der Waals surface area contributed by atoms with Crippen LogP contribution >= 0.6 is 27.3 Å². The summed E-state index contributed by atoms with van der Waals surface area (Å²) in [4.78, 5) is 39.0. The number of aryl methyl sites for hydroxylation is 1. The average molecular weight is 529 g/mol. The van der Waals surface area contributed by atoms with Gasteiger partial charge in [0.25, 0.3) is 12.3 Å². The Morgan fingerprint density at radius 1 is 1.44 bits per heavy atom. The summed E-state index contributed by atoms with van der Waals surface area (Å²) in [6.45, 7) is 0.0372. The van der Waals surface area contributed by atoms with E-state index in [-0.39, 0.29) is 50.3 Å². The first kappa shape index (κ1) is 22.2. The van der Waals surface area contributed by atoms with Crippen LogP contribution in [0.1, 0.15) is 52.5 Å². The lowest BCUT2D eigenvalue weighted by Gasteiger charge is -2.10. The van der Waals surface area contributed by atoms with Crippen LogP contribution in [0.2, 0.25) is 0 Å². The van der Waals surface area contributed by atoms with Gasteiger partial charge in [-0.2, -0.15) is 4.68 Å². The molecular formula is C18H15BrF2N6O4S. The lowest BCUT2D eigenvalue weighted by atomic mass is 10.0. The van der Waals surface area contributed by atoms with Gasteiger partial charge in [0.1, 0.15) is 19.9 Å². The molecule has 0 bridgehead atoms. The molecule has 0 unspecified atom stereocenters. The Balaban J connectivity index is 1.63. The number of amides is 2. The molecule has 1 fully saturated rings. The van der Waals surface area contributed by atoms with Crippen molar-refractivity contribution in [3.8, 4) is 0 Å². The van der Waals surface area contributed by atoms with E-state index in [2.05, 4.69) is 31.3 Å². The highest BCUT2D eigenvalue weighted by atomic mass is 79.9. The maximum Gasteiger partial charge on any atom is 0.404 e. The summed E-state index contributed by atoms with van der Waals surface area (Å²) >= 11 is 3.89. The highest BCUT2D eigenvalue weighted by Crippen LogP contribution is 2.48. The minimum Gasteiger partial charge on any atom is -0.365 e. The molecule has 3 N–H and O–H groups in total. The molecule has 3 heterocycles. The molecule has 0 spiro atoms. The number of thiophene rings is 1. The van der Waals surface area contributed by atoms with Gasteiger partial charge in [0, 0.05) is 11.8 Å². The van der Waals surface area contributed by atoms with Crippen molar-refractivity contribution in [2.24, 2.45) is 5.73 Å². The van der Waals surface area contributed by atoms with Crippen molar-refractivity contribution < 1.29 is 23.3 Å². The van der Waals surface area contributed by atoms with Crippen molar-refractivity contribution in [2.75, 3.05) is 5.32 Å². The molecule has 0 aromatic carbocycles. The molecular weight excluding hydrogens is 514 g/mol. The number of nitrogens with zero attached hydrogens (tertiary/aromatic N) is 4. The minimum absolute atomic E-state index is 0.0200. The fourth-order valence-electron chi connectivity index (χ4n) is 3.31. The predicted molar refractivity (Wildman–Crippen MR) is 115 cm³/mol. The fraction of sp³-hybridized carbons (Fsp3) is 0.333. The zero-order valence-electron chi connectivity index (χ0n) is 16.2. The summed E-state index contributed by atoms with van der Waals surface area (Å²) < 4.78 is 28.0. The molecule has 1 saturated carbocycles. The average Bonchev–Trinajstić information content (AvgIpc) is 3.40. The molecule has 14 heteroatoms. The Morgan fingerprint density at radius 2 is 2.16 bits per heavy atom. The predicted octanol–water partition coefficient (Wildman–Crippen LogP) is 4.11. The molecule has 32 heavy (non-hydrogen) atoms. The molecule has 3 aromatic rings. The normalized spacial score (nSPS) is 13.6. The summed E-state index contributed by atoms with van der Waals surface area (Å²) in [5.74, 6) is -1.64. The summed E-state index contributed by atoms with van der Waals surface area (Å²) in [7, 11) is 0. The molecule has 1 aliphatic rings. The number of anilines is 1. The van der Waals surface area contributed by atoms with E-state index in [9.17, 15) is 28.5 Å². The zero-order valence-corrected chi connectivity index (χ0v) is 18.6. The van der Waals surface area contributed by atoms with Crippen LogP contribution in [0.15, 0.2) is 16.7 Å². The first-order valence-electron chi connectivity index (χ1n) is 9.38. The van der Waals surface area contributed by atoms with Gasteiger partial charge in [-0.3, -0.25) is 9.59 Å². The number of carbonyl (C=O) groups is 2. The summed E-state index contributed by atoms with van der Waals surface area (Å²) in [6.07, 6.45) is 0.114. The van der Waals surface area contributed by atoms with Crippen molar-refractivity contribution in [1.82, 2.24) is 14.8 Å². The lowest BCUT2D eigenvalue weighted by Crippen LogP contribution is -2.18. The second kappa shape index (κ2) is 8.50. The summed E-state index contributed by atoms with van der Waals surface area (Å²) in [5.41, 5.74) is 5.84. The number of carbonyl (C=O) groups excluding carboxylic acids is 2. The smallest absolute Gasteiger partial charge is 0.365 e. The van der Waals surface area contributed by atoms with Crippen molar-refractivity contribution in [3.05, 3.63) is 43.0 Å². The van der Waals surface area contributed by atoms with Gasteiger partial charge in [-0.15, -0.1) is 11.3 Å². The first-order valence-corrected chi connectivity index (χ1v) is 11.0. The molecule has 1 aliphatic carbocycles. The summed E-state index contributed by atoms with van der Waals surface area (Å²) in [6, 6.07) is 1.32. The quantitative estimate of drug-likeness (QED) is 0.332. The van der Waals surface area contributed by atoms with Gasteiger partial charge in [-0.25, -0.2) is 13.8 Å². The molecule has 2 amide bonds. The number of primary amides is 1. The van der Waals surface area contributed by atoms with E-state index in [1.54, 1.807) is 0 Å². The van der Waals surface area contributed by atoms with Crippen molar-refractivity contribution in [3.63, 3.8) is 0 Å². The summed E-state index contributed by atoms with van der Waals surface area (Å²) in [5, 5.41) is 17.8. The number of nitro groups is 1. The molecule has 168 valence electrons. The Bertz CT molecular complexity index is 1260. The van der Waals surface area contributed by atoms with Gasteiger partial charge in [-0.05, 0) is 51.2 Å². The van der Waals surface area contributed by atoms with Gasteiger partial charge in [0.15, 0.2) is 0 Å². The van der Waals surface area contributed by atoms with E-state index >= 15 is 0 Å². The van der Waals surface area contributed by atoms with Crippen LogP contribution < -0.4 is 11.1 Å². The van der Waals surface area contributed by atoms with Crippen LogP contribution in [0, 0.1) is 10.1 Å². The minimum atomic E-state index is -2.77. The number of alkyl halides is 2. The number of rotatable bonds is 8. The monoisotopic (exact) mass is 528 g/mol. The standard InChI is InChI=1S/C18H15BrF2N6O4S/c19-9-6-26(25-17(9)27(30)31)4-3-11(28)24-13-12-8(7-1-2-7)5-10(15(20)21)23-18(12)32-14(13)16(22)29/h5-7,15H,1-4H2,(H2,22,29)(H,24,28). The maximum atomic E-state index is 13.3.